The smallest absolute Gasteiger partial charge is 0.310 e. The molecule has 0 spiro atoms. The zero-order chi connectivity index (χ0) is 17.4. The Balaban J connectivity index is 2.78. The van der Waals surface area contributed by atoms with E-state index in [4.69, 9.17) is 11.6 Å². The van der Waals surface area contributed by atoms with Gasteiger partial charge in [0.2, 0.25) is 5.91 Å². The zero-order valence-electron chi connectivity index (χ0n) is 13.5. The van der Waals surface area contributed by atoms with Gasteiger partial charge in [0, 0.05) is 24.2 Å². The highest BCUT2D eigenvalue weighted by atomic mass is 35.5. The normalized spacial score (nSPS) is 13.6. The van der Waals surface area contributed by atoms with Crippen LogP contribution in [0.5, 0.6) is 0 Å². The molecule has 0 aliphatic carbocycles. The predicted molar refractivity (Wildman–Crippen MR) is 89.9 cm³/mol. The quantitative estimate of drug-likeness (QED) is 0.611. The van der Waals surface area contributed by atoms with Crippen LogP contribution in [0.2, 0.25) is 5.02 Å². The molecule has 5 nitrogen and oxygen atoms in total. The van der Waals surface area contributed by atoms with E-state index in [1.165, 1.54) is 18.1 Å². The van der Waals surface area contributed by atoms with E-state index in [0.717, 1.165) is 5.56 Å². The molecule has 23 heavy (non-hydrogen) atoms. The van der Waals surface area contributed by atoms with Crippen LogP contribution >= 0.6 is 11.6 Å². The van der Waals surface area contributed by atoms with Gasteiger partial charge in [0.05, 0.1) is 19.1 Å². The van der Waals surface area contributed by atoms with Gasteiger partial charge in [-0.1, -0.05) is 30.7 Å². The summed E-state index contributed by atoms with van der Waals surface area (Å²) < 4.78 is 4.67. The minimum absolute atomic E-state index is 0.144. The molecule has 6 heteroatoms. The number of esters is 1. The fraction of sp³-hybridized carbons (Fsp3) is 0.412. The van der Waals surface area contributed by atoms with Crippen molar-refractivity contribution >= 4 is 29.6 Å². The molecule has 0 radical (unpaired) electrons. The summed E-state index contributed by atoms with van der Waals surface area (Å²) in [6.07, 6.45) is 2.39. The molecule has 2 atom stereocenters. The minimum Gasteiger partial charge on any atom is -0.469 e. The number of hydrogen-bond donors (Lipinski definition) is 1. The maximum atomic E-state index is 12.3. The Morgan fingerprint density at radius 2 is 1.87 bits per heavy atom. The molecule has 0 bridgehead atoms. The molecule has 1 aromatic carbocycles. The summed E-state index contributed by atoms with van der Waals surface area (Å²) in [7, 11) is 1.31. The number of hydrogen-bond acceptors (Lipinski definition) is 4. The third kappa shape index (κ3) is 6.84. The van der Waals surface area contributed by atoms with Crippen LogP contribution in [0.4, 0.5) is 0 Å². The van der Waals surface area contributed by atoms with Gasteiger partial charge in [-0.05, 0) is 30.7 Å². The SMILES string of the molecule is COC(=O)C(C)CN(CC(C)O)C(=O)/C=C/c1ccc(Cl)cc1. The fourth-order valence-electron chi connectivity index (χ4n) is 2.03. The average Bonchev–Trinajstić information content (AvgIpc) is 2.52. The summed E-state index contributed by atoms with van der Waals surface area (Å²) >= 11 is 5.81. The van der Waals surface area contributed by atoms with Gasteiger partial charge in [0.25, 0.3) is 0 Å². The van der Waals surface area contributed by atoms with Crippen molar-refractivity contribution in [1.82, 2.24) is 4.90 Å². The average molecular weight is 340 g/mol. The monoisotopic (exact) mass is 339 g/mol. The topological polar surface area (TPSA) is 66.8 Å². The van der Waals surface area contributed by atoms with Gasteiger partial charge in [-0.15, -0.1) is 0 Å². The lowest BCUT2D eigenvalue weighted by Gasteiger charge is -2.25. The first-order valence-corrected chi connectivity index (χ1v) is 7.69. The first-order chi connectivity index (χ1) is 10.8. The van der Waals surface area contributed by atoms with Gasteiger partial charge in [-0.3, -0.25) is 9.59 Å². The van der Waals surface area contributed by atoms with E-state index in [9.17, 15) is 14.7 Å². The summed E-state index contributed by atoms with van der Waals surface area (Å²) in [6, 6.07) is 7.06. The van der Waals surface area contributed by atoms with E-state index >= 15 is 0 Å². The number of amides is 1. The molecule has 0 aromatic heterocycles. The van der Waals surface area contributed by atoms with E-state index in [2.05, 4.69) is 4.74 Å². The first kappa shape index (κ1) is 19.2. The van der Waals surface area contributed by atoms with Crippen LogP contribution in [0.25, 0.3) is 6.08 Å². The number of aliphatic hydroxyl groups excluding tert-OH is 1. The van der Waals surface area contributed by atoms with E-state index in [1.807, 2.05) is 0 Å². The molecule has 126 valence electrons. The Hall–Kier alpha value is -1.85. The number of rotatable bonds is 7. The predicted octanol–water partition coefficient (Wildman–Crippen LogP) is 2.37. The zero-order valence-corrected chi connectivity index (χ0v) is 14.3. The molecule has 0 aliphatic rings. The third-order valence-electron chi connectivity index (χ3n) is 3.18. The van der Waals surface area contributed by atoms with Gasteiger partial charge in [-0.2, -0.15) is 0 Å². The van der Waals surface area contributed by atoms with Crippen molar-refractivity contribution < 1.29 is 19.4 Å². The molecule has 1 amide bonds. The number of methoxy groups -OCH3 is 1. The number of benzene rings is 1. The fourth-order valence-corrected chi connectivity index (χ4v) is 2.15. The van der Waals surface area contributed by atoms with Crippen molar-refractivity contribution in [3.8, 4) is 0 Å². The molecule has 0 fully saturated rings. The second-order valence-electron chi connectivity index (χ2n) is 5.40. The van der Waals surface area contributed by atoms with Gasteiger partial charge >= 0.3 is 5.97 Å². The molecule has 2 unspecified atom stereocenters. The molecule has 1 N–H and O–H groups in total. The number of carbonyl (C=O) groups excluding carboxylic acids is 2. The second-order valence-corrected chi connectivity index (χ2v) is 5.84. The lowest BCUT2D eigenvalue weighted by molar-refractivity contribution is -0.146. The van der Waals surface area contributed by atoms with Crippen LogP contribution in [-0.2, 0) is 14.3 Å². The van der Waals surface area contributed by atoms with Crippen molar-refractivity contribution in [3.05, 3.63) is 40.9 Å². The van der Waals surface area contributed by atoms with Crippen LogP contribution in [-0.4, -0.2) is 48.2 Å². The van der Waals surface area contributed by atoms with Crippen molar-refractivity contribution in [3.63, 3.8) is 0 Å². The Bertz CT molecular complexity index is 554. The summed E-state index contributed by atoms with van der Waals surface area (Å²) in [6.45, 7) is 3.59. The molecule has 1 rings (SSSR count). The highest BCUT2D eigenvalue weighted by molar-refractivity contribution is 6.30. The molecular weight excluding hydrogens is 318 g/mol. The Labute approximate surface area is 141 Å². The molecule has 0 heterocycles. The molecule has 0 saturated carbocycles. The third-order valence-corrected chi connectivity index (χ3v) is 3.43. The van der Waals surface area contributed by atoms with Gasteiger partial charge in [-0.25, -0.2) is 0 Å². The number of halogens is 1. The largest absolute Gasteiger partial charge is 0.469 e. The highest BCUT2D eigenvalue weighted by Crippen LogP contribution is 2.11. The van der Waals surface area contributed by atoms with Crippen LogP contribution in [0.1, 0.15) is 19.4 Å². The van der Waals surface area contributed by atoms with Gasteiger partial charge in [0.15, 0.2) is 0 Å². The van der Waals surface area contributed by atoms with Crippen LogP contribution in [0, 0.1) is 5.92 Å². The van der Waals surface area contributed by atoms with Gasteiger partial charge in [0.1, 0.15) is 0 Å². The number of aliphatic hydroxyl groups is 1. The number of ether oxygens (including phenoxy) is 1. The van der Waals surface area contributed by atoms with Crippen LogP contribution < -0.4 is 0 Å². The number of nitrogens with zero attached hydrogens (tertiary/aromatic N) is 1. The van der Waals surface area contributed by atoms with E-state index in [0.29, 0.717) is 5.02 Å². The van der Waals surface area contributed by atoms with Crippen molar-refractivity contribution in [2.75, 3.05) is 20.2 Å². The van der Waals surface area contributed by atoms with E-state index in [1.54, 1.807) is 44.2 Å². The first-order valence-electron chi connectivity index (χ1n) is 7.32. The Kier molecular flexibility index (Phi) is 7.78. The Morgan fingerprint density at radius 1 is 1.26 bits per heavy atom. The summed E-state index contributed by atoms with van der Waals surface area (Å²) in [4.78, 5) is 25.3. The van der Waals surface area contributed by atoms with Crippen molar-refractivity contribution in [1.29, 1.82) is 0 Å². The van der Waals surface area contributed by atoms with E-state index in [-0.39, 0.29) is 19.0 Å². The summed E-state index contributed by atoms with van der Waals surface area (Å²) in [5.41, 5.74) is 0.834. The highest BCUT2D eigenvalue weighted by Gasteiger charge is 2.21. The molecule has 1 aromatic rings. The molecular formula is C17H22ClNO4. The lowest BCUT2D eigenvalue weighted by atomic mass is 10.1. The molecule has 0 aliphatic heterocycles. The minimum atomic E-state index is -0.687. The maximum absolute atomic E-state index is 12.3. The molecule has 0 saturated heterocycles. The standard InChI is InChI=1S/C17H22ClNO4/c1-12(17(22)23-3)10-19(11-13(2)20)16(21)9-6-14-4-7-15(18)8-5-14/h4-9,12-13,20H,10-11H2,1-3H3/b9-6+. The van der Waals surface area contributed by atoms with E-state index < -0.39 is 18.0 Å². The number of carbonyl (C=O) groups is 2. The van der Waals surface area contributed by atoms with Crippen molar-refractivity contribution in [2.45, 2.75) is 20.0 Å². The second kappa shape index (κ2) is 9.33. The van der Waals surface area contributed by atoms with Crippen molar-refractivity contribution in [2.24, 2.45) is 5.92 Å². The van der Waals surface area contributed by atoms with Crippen LogP contribution in [0.3, 0.4) is 0 Å². The summed E-state index contributed by atoms with van der Waals surface area (Å²) in [5, 5.41) is 10.2. The van der Waals surface area contributed by atoms with Crippen LogP contribution in [0.15, 0.2) is 30.3 Å². The lowest BCUT2D eigenvalue weighted by Crippen LogP contribution is -2.40. The summed E-state index contributed by atoms with van der Waals surface area (Å²) in [5.74, 6) is -1.14. The Morgan fingerprint density at radius 3 is 2.39 bits per heavy atom. The maximum Gasteiger partial charge on any atom is 0.310 e. The van der Waals surface area contributed by atoms with Gasteiger partial charge < -0.3 is 14.7 Å².